The van der Waals surface area contributed by atoms with Crippen molar-refractivity contribution in [2.24, 2.45) is 5.92 Å². The van der Waals surface area contributed by atoms with Crippen molar-refractivity contribution in [3.63, 3.8) is 0 Å². The second-order valence-corrected chi connectivity index (χ2v) is 7.43. The third kappa shape index (κ3) is 4.44. The Balaban J connectivity index is 1.60. The van der Waals surface area contributed by atoms with Crippen molar-refractivity contribution in [1.29, 1.82) is 0 Å². The van der Waals surface area contributed by atoms with E-state index in [2.05, 4.69) is 4.98 Å². The molecule has 0 N–H and O–H groups in total. The van der Waals surface area contributed by atoms with Crippen LogP contribution in [0.25, 0.3) is 10.6 Å². The zero-order valence-corrected chi connectivity index (χ0v) is 17.1. The first-order valence-electron chi connectivity index (χ1n) is 9.11. The highest BCUT2D eigenvalue weighted by molar-refractivity contribution is 7.13. The molecule has 2 aromatic rings. The number of carbonyl (C=O) groups is 2. The molecule has 0 spiro atoms. The van der Waals surface area contributed by atoms with E-state index in [9.17, 15) is 9.59 Å². The molecule has 1 aliphatic rings. The van der Waals surface area contributed by atoms with E-state index in [1.165, 1.54) is 11.3 Å². The number of carbonyl (C=O) groups excluding carboxylic acids is 2. The number of nitrogens with zero attached hydrogens (tertiary/aromatic N) is 2. The van der Waals surface area contributed by atoms with Crippen LogP contribution in [0.3, 0.4) is 0 Å². The summed E-state index contributed by atoms with van der Waals surface area (Å²) in [6, 6.07) is 5.63. The molecule has 1 amide bonds. The first-order valence-corrected chi connectivity index (χ1v) is 9.99. The van der Waals surface area contributed by atoms with E-state index in [1.807, 2.05) is 23.6 Å². The molecule has 1 aliphatic heterocycles. The molecular weight excluding hydrogens is 380 g/mol. The van der Waals surface area contributed by atoms with Crippen molar-refractivity contribution < 1.29 is 23.8 Å². The Bertz CT molecular complexity index is 843. The van der Waals surface area contributed by atoms with E-state index >= 15 is 0 Å². The van der Waals surface area contributed by atoms with E-state index in [4.69, 9.17) is 14.2 Å². The maximum atomic E-state index is 12.3. The summed E-state index contributed by atoms with van der Waals surface area (Å²) in [7, 11) is 3.18. The molecule has 0 bridgehead atoms. The van der Waals surface area contributed by atoms with Gasteiger partial charge in [-0.1, -0.05) is 6.07 Å². The van der Waals surface area contributed by atoms with E-state index in [0.717, 1.165) is 10.6 Å². The normalized spacial score (nSPS) is 14.6. The van der Waals surface area contributed by atoms with E-state index < -0.39 is 0 Å². The summed E-state index contributed by atoms with van der Waals surface area (Å²) >= 11 is 1.46. The highest BCUT2D eigenvalue weighted by Gasteiger charge is 2.27. The molecule has 0 atom stereocenters. The molecule has 2 heterocycles. The Kier molecular flexibility index (Phi) is 6.51. The van der Waals surface area contributed by atoms with Crippen LogP contribution in [0, 0.1) is 5.92 Å². The molecule has 1 saturated heterocycles. The van der Waals surface area contributed by atoms with Crippen LogP contribution in [0.1, 0.15) is 25.5 Å². The van der Waals surface area contributed by atoms with Gasteiger partial charge in [0.15, 0.2) is 11.5 Å². The second-order valence-electron chi connectivity index (χ2n) is 6.57. The zero-order valence-electron chi connectivity index (χ0n) is 16.3. The average Bonchev–Trinajstić information content (AvgIpc) is 3.20. The fourth-order valence-electron chi connectivity index (χ4n) is 3.25. The number of ether oxygens (including phenoxy) is 3. The Morgan fingerprint density at radius 3 is 2.61 bits per heavy atom. The molecule has 0 unspecified atom stereocenters. The van der Waals surface area contributed by atoms with Gasteiger partial charge in [-0.15, -0.1) is 11.3 Å². The van der Waals surface area contributed by atoms with Crippen molar-refractivity contribution in [3.05, 3.63) is 29.3 Å². The Hall–Kier alpha value is -2.61. The summed E-state index contributed by atoms with van der Waals surface area (Å²) in [5.74, 6) is 0.930. The molecule has 1 aromatic carbocycles. The minimum absolute atomic E-state index is 0.0507. The fourth-order valence-corrected chi connectivity index (χ4v) is 4.07. The van der Waals surface area contributed by atoms with Gasteiger partial charge in [-0.05, 0) is 25.0 Å². The maximum absolute atomic E-state index is 12.3. The number of piperidine rings is 1. The lowest BCUT2D eigenvalue weighted by Gasteiger charge is -2.29. The Morgan fingerprint density at radius 1 is 1.21 bits per heavy atom. The summed E-state index contributed by atoms with van der Waals surface area (Å²) in [4.78, 5) is 30.0. The summed E-state index contributed by atoms with van der Waals surface area (Å²) in [5, 5.41) is 2.65. The number of hydrogen-bond acceptors (Lipinski definition) is 7. The van der Waals surface area contributed by atoms with Crippen LogP contribution >= 0.6 is 11.3 Å². The number of rotatable bonds is 6. The third-order valence-corrected chi connectivity index (χ3v) is 5.75. The number of hydrogen-bond donors (Lipinski definition) is 0. The van der Waals surface area contributed by atoms with Crippen LogP contribution in [0.2, 0.25) is 0 Å². The third-order valence-electron chi connectivity index (χ3n) is 4.82. The topological polar surface area (TPSA) is 78.0 Å². The standard InChI is InChI=1S/C20H24N2O5S/c1-13(23)22-9-7-14(8-10-22)20(24)27-11-15-12-28-19(21-15)16-5-4-6-17(25-2)18(16)26-3/h4-6,12,14H,7-11H2,1-3H3. The van der Waals surface area contributed by atoms with Crippen LogP contribution in [-0.4, -0.2) is 49.1 Å². The molecule has 7 nitrogen and oxygen atoms in total. The van der Waals surface area contributed by atoms with Crippen molar-refractivity contribution in [3.8, 4) is 22.1 Å². The molecule has 3 rings (SSSR count). The lowest BCUT2D eigenvalue weighted by Crippen LogP contribution is -2.39. The van der Waals surface area contributed by atoms with E-state index in [1.54, 1.807) is 26.0 Å². The van der Waals surface area contributed by atoms with Crippen molar-refractivity contribution in [1.82, 2.24) is 9.88 Å². The van der Waals surface area contributed by atoms with E-state index in [0.29, 0.717) is 43.1 Å². The lowest BCUT2D eigenvalue weighted by atomic mass is 9.97. The lowest BCUT2D eigenvalue weighted by molar-refractivity contribution is -0.152. The van der Waals surface area contributed by atoms with Crippen LogP contribution in [0.15, 0.2) is 23.6 Å². The van der Waals surface area contributed by atoms with E-state index in [-0.39, 0.29) is 24.4 Å². The number of likely N-dealkylation sites (tertiary alicyclic amines) is 1. The van der Waals surface area contributed by atoms with Crippen LogP contribution in [0.5, 0.6) is 11.5 Å². The van der Waals surface area contributed by atoms with Gasteiger partial charge in [-0.3, -0.25) is 9.59 Å². The van der Waals surface area contributed by atoms with Crippen LogP contribution in [-0.2, 0) is 20.9 Å². The largest absolute Gasteiger partial charge is 0.493 e. The molecule has 28 heavy (non-hydrogen) atoms. The van der Waals surface area contributed by atoms with Gasteiger partial charge >= 0.3 is 5.97 Å². The van der Waals surface area contributed by atoms with Gasteiger partial charge in [-0.2, -0.15) is 0 Å². The molecule has 0 aliphatic carbocycles. The highest BCUT2D eigenvalue weighted by Crippen LogP contribution is 2.39. The predicted molar refractivity (Wildman–Crippen MR) is 105 cm³/mol. The summed E-state index contributed by atoms with van der Waals surface area (Å²) < 4.78 is 16.3. The molecule has 1 aromatic heterocycles. The summed E-state index contributed by atoms with van der Waals surface area (Å²) in [5.41, 5.74) is 1.53. The SMILES string of the molecule is COc1cccc(-c2nc(COC(=O)C3CCN(C(C)=O)CC3)cs2)c1OC. The van der Waals surface area contributed by atoms with Gasteiger partial charge in [0.1, 0.15) is 11.6 Å². The fraction of sp³-hybridized carbons (Fsp3) is 0.450. The van der Waals surface area contributed by atoms with Gasteiger partial charge in [-0.25, -0.2) is 4.98 Å². The maximum Gasteiger partial charge on any atom is 0.309 e. The van der Waals surface area contributed by atoms with Crippen molar-refractivity contribution in [2.45, 2.75) is 26.4 Å². The Morgan fingerprint density at radius 2 is 1.96 bits per heavy atom. The number of thiazole rings is 1. The molecule has 8 heteroatoms. The average molecular weight is 404 g/mol. The van der Waals surface area contributed by atoms with Crippen LogP contribution < -0.4 is 9.47 Å². The Labute approximate surface area is 168 Å². The molecule has 0 radical (unpaired) electrons. The van der Waals surface area contributed by atoms with Gasteiger partial charge in [0.2, 0.25) is 5.91 Å². The van der Waals surface area contributed by atoms with Gasteiger partial charge in [0.25, 0.3) is 0 Å². The first kappa shape index (κ1) is 20.1. The minimum atomic E-state index is -0.225. The molecule has 1 fully saturated rings. The zero-order chi connectivity index (χ0) is 20.1. The number of para-hydroxylation sites is 1. The minimum Gasteiger partial charge on any atom is -0.493 e. The quantitative estimate of drug-likeness (QED) is 0.689. The molecule has 0 saturated carbocycles. The summed E-state index contributed by atoms with van der Waals surface area (Å²) in [6.45, 7) is 2.89. The van der Waals surface area contributed by atoms with Gasteiger partial charge in [0, 0.05) is 25.4 Å². The van der Waals surface area contributed by atoms with Gasteiger partial charge < -0.3 is 19.1 Å². The summed E-state index contributed by atoms with van der Waals surface area (Å²) in [6.07, 6.45) is 1.28. The number of benzene rings is 1. The number of esters is 1. The first-order chi connectivity index (χ1) is 13.5. The smallest absolute Gasteiger partial charge is 0.309 e. The monoisotopic (exact) mass is 404 g/mol. The molecular formula is C20H24N2O5S. The highest BCUT2D eigenvalue weighted by atomic mass is 32.1. The van der Waals surface area contributed by atoms with Gasteiger partial charge in [0.05, 0.1) is 31.4 Å². The van der Waals surface area contributed by atoms with Crippen molar-refractivity contribution in [2.75, 3.05) is 27.3 Å². The molecule has 150 valence electrons. The predicted octanol–water partition coefficient (Wildman–Crippen LogP) is 3.13. The second kappa shape index (κ2) is 9.05. The number of aromatic nitrogens is 1. The number of amides is 1. The van der Waals surface area contributed by atoms with Crippen LogP contribution in [0.4, 0.5) is 0 Å². The number of methoxy groups -OCH3 is 2. The van der Waals surface area contributed by atoms with Crippen molar-refractivity contribution >= 4 is 23.2 Å².